The van der Waals surface area contributed by atoms with Crippen LogP contribution in [0.1, 0.15) is 40.7 Å². The molecule has 0 spiro atoms. The zero-order valence-corrected chi connectivity index (χ0v) is 17.0. The summed E-state index contributed by atoms with van der Waals surface area (Å²) in [7, 11) is 0. The van der Waals surface area contributed by atoms with Crippen molar-refractivity contribution >= 4 is 29.1 Å². The Hall–Kier alpha value is -2.93. The number of fused-ring (bicyclic) bond motifs is 1. The summed E-state index contributed by atoms with van der Waals surface area (Å²) in [5, 5.41) is 12.2. The van der Waals surface area contributed by atoms with Crippen LogP contribution in [-0.2, 0) is 24.2 Å². The number of Topliss-reactive ketones (excluding diaryl/α,β-unsaturated/α-hetero) is 1. The smallest absolute Gasteiger partial charge is 0.224 e. The number of thioether (sulfide) groups is 1. The summed E-state index contributed by atoms with van der Waals surface area (Å²) >= 11 is 1.41. The lowest BCUT2D eigenvalue weighted by Gasteiger charge is -2.17. The molecule has 0 saturated heterocycles. The van der Waals surface area contributed by atoms with Crippen molar-refractivity contribution < 1.29 is 9.59 Å². The van der Waals surface area contributed by atoms with Crippen LogP contribution in [-0.4, -0.2) is 32.2 Å². The minimum Gasteiger partial charge on any atom is -0.326 e. The molecular weight excluding hydrogens is 384 g/mol. The number of carbonyl (C=O) groups is 2. The van der Waals surface area contributed by atoms with Gasteiger partial charge in [0.15, 0.2) is 10.9 Å². The number of benzene rings is 2. The average Bonchev–Trinajstić information content (AvgIpc) is 3.13. The highest BCUT2D eigenvalue weighted by Gasteiger charge is 2.18. The molecule has 1 aliphatic rings. The maximum Gasteiger partial charge on any atom is 0.224 e. The van der Waals surface area contributed by atoms with Gasteiger partial charge >= 0.3 is 0 Å². The minimum atomic E-state index is 0.0253. The van der Waals surface area contributed by atoms with Gasteiger partial charge < -0.3 is 9.88 Å². The number of nitrogens with one attached hydrogen (secondary N) is 1. The monoisotopic (exact) mass is 406 g/mol. The zero-order chi connectivity index (χ0) is 20.2. The Morgan fingerprint density at radius 3 is 2.76 bits per heavy atom. The molecule has 3 aromatic rings. The second-order valence-corrected chi connectivity index (χ2v) is 7.88. The SMILES string of the molecule is CCn1c(Cc2ccccc2)nnc1SCC(=O)c1ccc2c(c1)CCC(=O)N2. The highest BCUT2D eigenvalue weighted by molar-refractivity contribution is 7.99. The van der Waals surface area contributed by atoms with Gasteiger partial charge in [-0.15, -0.1) is 10.2 Å². The van der Waals surface area contributed by atoms with Crippen molar-refractivity contribution in [2.45, 2.75) is 37.9 Å². The van der Waals surface area contributed by atoms with E-state index in [-0.39, 0.29) is 11.7 Å². The first-order chi connectivity index (χ1) is 14.1. The van der Waals surface area contributed by atoms with Gasteiger partial charge in [-0.2, -0.15) is 0 Å². The Labute approximate surface area is 173 Å². The van der Waals surface area contributed by atoms with Crippen LogP contribution in [0, 0.1) is 0 Å². The van der Waals surface area contributed by atoms with Crippen molar-refractivity contribution in [1.29, 1.82) is 0 Å². The van der Waals surface area contributed by atoms with Gasteiger partial charge in [-0.3, -0.25) is 9.59 Å². The summed E-state index contributed by atoms with van der Waals surface area (Å²) in [6, 6.07) is 15.7. The molecule has 4 rings (SSSR count). The van der Waals surface area contributed by atoms with Gasteiger partial charge in [-0.25, -0.2) is 0 Å². The molecule has 0 radical (unpaired) electrons. The Morgan fingerprint density at radius 2 is 1.97 bits per heavy atom. The van der Waals surface area contributed by atoms with E-state index in [1.54, 1.807) is 6.07 Å². The number of ketones is 1. The second-order valence-electron chi connectivity index (χ2n) is 6.94. The third-order valence-electron chi connectivity index (χ3n) is 4.97. The van der Waals surface area contributed by atoms with E-state index in [0.29, 0.717) is 30.6 Å². The number of amides is 1. The van der Waals surface area contributed by atoms with E-state index in [1.165, 1.54) is 17.3 Å². The van der Waals surface area contributed by atoms with Crippen LogP contribution < -0.4 is 5.32 Å². The maximum atomic E-state index is 12.7. The number of anilines is 1. The first-order valence-electron chi connectivity index (χ1n) is 9.69. The van der Waals surface area contributed by atoms with Gasteiger partial charge in [-0.05, 0) is 42.7 Å². The number of nitrogens with zero attached hydrogens (tertiary/aromatic N) is 3. The topological polar surface area (TPSA) is 76.9 Å². The molecule has 1 aliphatic heterocycles. The molecule has 6 nitrogen and oxygen atoms in total. The molecule has 0 saturated carbocycles. The van der Waals surface area contributed by atoms with Crippen LogP contribution in [0.15, 0.2) is 53.7 Å². The molecule has 1 aromatic heterocycles. The quantitative estimate of drug-likeness (QED) is 0.478. The van der Waals surface area contributed by atoms with Crippen molar-refractivity contribution in [3.05, 3.63) is 71.0 Å². The molecular formula is C22H22N4O2S. The standard InChI is InChI=1S/C22H22N4O2S/c1-2-26-20(12-15-6-4-3-5-7-15)24-25-22(26)29-14-19(27)17-8-10-18-16(13-17)9-11-21(28)23-18/h3-8,10,13H,2,9,11-12,14H2,1H3,(H,23,28). The van der Waals surface area contributed by atoms with Crippen molar-refractivity contribution in [2.24, 2.45) is 0 Å². The van der Waals surface area contributed by atoms with E-state index in [4.69, 9.17) is 0 Å². The molecule has 0 fully saturated rings. The molecule has 2 heterocycles. The van der Waals surface area contributed by atoms with E-state index < -0.39 is 0 Å². The van der Waals surface area contributed by atoms with E-state index in [2.05, 4.69) is 39.1 Å². The highest BCUT2D eigenvalue weighted by atomic mass is 32.2. The molecule has 2 aromatic carbocycles. The molecule has 148 valence electrons. The third-order valence-corrected chi connectivity index (χ3v) is 5.94. The first-order valence-corrected chi connectivity index (χ1v) is 10.7. The van der Waals surface area contributed by atoms with Gasteiger partial charge in [0.25, 0.3) is 0 Å². The fraction of sp³-hybridized carbons (Fsp3) is 0.273. The van der Waals surface area contributed by atoms with Gasteiger partial charge in [0.05, 0.1) is 5.75 Å². The van der Waals surface area contributed by atoms with Crippen LogP contribution in [0.5, 0.6) is 0 Å². The Bertz CT molecular complexity index is 1050. The Balaban J connectivity index is 1.44. The molecule has 0 atom stereocenters. The molecule has 1 N–H and O–H groups in total. The number of hydrogen-bond donors (Lipinski definition) is 1. The van der Waals surface area contributed by atoms with E-state index in [9.17, 15) is 9.59 Å². The number of hydrogen-bond acceptors (Lipinski definition) is 5. The van der Waals surface area contributed by atoms with E-state index >= 15 is 0 Å². The second kappa shape index (κ2) is 8.61. The van der Waals surface area contributed by atoms with E-state index in [1.807, 2.05) is 30.3 Å². The minimum absolute atomic E-state index is 0.0253. The largest absolute Gasteiger partial charge is 0.326 e. The summed E-state index contributed by atoms with van der Waals surface area (Å²) in [4.78, 5) is 24.2. The first kappa shape index (κ1) is 19.4. The number of aryl methyl sites for hydroxylation is 1. The third kappa shape index (κ3) is 4.40. The lowest BCUT2D eigenvalue weighted by molar-refractivity contribution is -0.116. The predicted molar refractivity (Wildman–Crippen MR) is 113 cm³/mol. The zero-order valence-electron chi connectivity index (χ0n) is 16.2. The van der Waals surface area contributed by atoms with Gasteiger partial charge in [0.2, 0.25) is 5.91 Å². The molecule has 0 bridgehead atoms. The summed E-state index contributed by atoms with van der Waals surface area (Å²) in [6.07, 6.45) is 1.85. The lowest BCUT2D eigenvalue weighted by Crippen LogP contribution is -2.19. The van der Waals surface area contributed by atoms with Gasteiger partial charge in [-0.1, -0.05) is 42.1 Å². The van der Waals surface area contributed by atoms with Crippen LogP contribution in [0.4, 0.5) is 5.69 Å². The van der Waals surface area contributed by atoms with Crippen LogP contribution in [0.2, 0.25) is 0 Å². The Morgan fingerprint density at radius 1 is 1.14 bits per heavy atom. The van der Waals surface area contributed by atoms with Crippen molar-refractivity contribution in [3.63, 3.8) is 0 Å². The van der Waals surface area contributed by atoms with Gasteiger partial charge in [0.1, 0.15) is 5.82 Å². The molecule has 0 aliphatic carbocycles. The Kier molecular flexibility index (Phi) is 5.76. The number of rotatable bonds is 7. The molecule has 1 amide bonds. The fourth-order valence-corrected chi connectivity index (χ4v) is 4.34. The normalized spacial score (nSPS) is 13.1. The van der Waals surface area contributed by atoms with Crippen molar-refractivity contribution in [1.82, 2.24) is 14.8 Å². The highest BCUT2D eigenvalue weighted by Crippen LogP contribution is 2.25. The summed E-state index contributed by atoms with van der Waals surface area (Å²) in [5.74, 6) is 1.27. The molecule has 0 unspecified atom stereocenters. The average molecular weight is 407 g/mol. The predicted octanol–water partition coefficient (Wildman–Crippen LogP) is 3.75. The summed E-state index contributed by atoms with van der Waals surface area (Å²) < 4.78 is 2.06. The maximum absolute atomic E-state index is 12.7. The molecule has 29 heavy (non-hydrogen) atoms. The number of aromatic nitrogens is 3. The van der Waals surface area contributed by atoms with Crippen LogP contribution >= 0.6 is 11.8 Å². The van der Waals surface area contributed by atoms with Gasteiger partial charge in [0, 0.05) is 30.6 Å². The number of carbonyl (C=O) groups excluding carboxylic acids is 2. The lowest BCUT2D eigenvalue weighted by atomic mass is 9.99. The summed E-state index contributed by atoms with van der Waals surface area (Å²) in [5.41, 5.74) is 3.67. The fourth-order valence-electron chi connectivity index (χ4n) is 3.42. The van der Waals surface area contributed by atoms with Crippen molar-refractivity contribution in [2.75, 3.05) is 11.1 Å². The summed E-state index contributed by atoms with van der Waals surface area (Å²) in [6.45, 7) is 2.81. The van der Waals surface area contributed by atoms with Crippen LogP contribution in [0.3, 0.4) is 0 Å². The van der Waals surface area contributed by atoms with Crippen LogP contribution in [0.25, 0.3) is 0 Å². The molecule has 7 heteroatoms. The van der Waals surface area contributed by atoms with Crippen molar-refractivity contribution in [3.8, 4) is 0 Å². The van der Waals surface area contributed by atoms with E-state index in [0.717, 1.165) is 28.8 Å².